The third-order valence-electron chi connectivity index (χ3n) is 3.72. The molecule has 100 valence electrons. The lowest BCUT2D eigenvalue weighted by Crippen LogP contribution is -2.41. The first-order valence-electron chi connectivity index (χ1n) is 6.19. The van der Waals surface area contributed by atoms with E-state index < -0.39 is 0 Å². The van der Waals surface area contributed by atoms with E-state index in [9.17, 15) is 0 Å². The lowest BCUT2D eigenvalue weighted by molar-refractivity contribution is 0.00578. The Bertz CT molecular complexity index is 564. The van der Waals surface area contributed by atoms with Gasteiger partial charge < -0.3 is 9.31 Å². The molecule has 0 spiro atoms. The van der Waals surface area contributed by atoms with Crippen LogP contribution in [0.15, 0.2) is 24.9 Å². The largest absolute Gasteiger partial charge is 0.507 e. The fraction of sp³-hybridized carbons (Fsp3) is 0.500. The van der Waals surface area contributed by atoms with Gasteiger partial charge in [0.2, 0.25) is 0 Å². The van der Waals surface area contributed by atoms with Crippen LogP contribution in [0.2, 0.25) is 0 Å². The molecular weight excluding hydrogens is 261 g/mol. The van der Waals surface area contributed by atoms with Crippen molar-refractivity contribution in [2.24, 2.45) is 0 Å². The van der Waals surface area contributed by atoms with Gasteiger partial charge in [-0.3, -0.25) is 4.57 Å². The van der Waals surface area contributed by atoms with Crippen LogP contribution >= 0.6 is 11.3 Å². The highest BCUT2D eigenvalue weighted by Gasteiger charge is 2.52. The summed E-state index contributed by atoms with van der Waals surface area (Å²) >= 11 is 1.55. The first-order chi connectivity index (χ1) is 8.89. The third-order valence-corrected chi connectivity index (χ3v) is 4.75. The Morgan fingerprint density at radius 3 is 2.47 bits per heavy atom. The Balaban J connectivity index is 1.85. The number of imidazole rings is 1. The van der Waals surface area contributed by atoms with Gasteiger partial charge in [-0.2, -0.15) is 0 Å². The van der Waals surface area contributed by atoms with Crippen LogP contribution in [0.4, 0.5) is 0 Å². The molecule has 7 heteroatoms. The maximum absolute atomic E-state index is 6.00. The van der Waals surface area contributed by atoms with Crippen LogP contribution in [0.25, 0.3) is 5.13 Å². The fourth-order valence-electron chi connectivity index (χ4n) is 1.84. The Morgan fingerprint density at radius 1 is 1.21 bits per heavy atom. The van der Waals surface area contributed by atoms with Gasteiger partial charge in [-0.1, -0.05) is 0 Å². The monoisotopic (exact) mass is 277 g/mol. The molecule has 0 saturated carbocycles. The number of thiazole rings is 1. The normalized spacial score (nSPS) is 20.9. The van der Waals surface area contributed by atoms with Crippen molar-refractivity contribution in [3.8, 4) is 5.13 Å². The SMILES string of the molecule is CC1(C)OB(c2cnc(-n3ccnc3)s2)OC1(C)C. The first kappa shape index (κ1) is 12.8. The summed E-state index contributed by atoms with van der Waals surface area (Å²) in [5.74, 6) is 0. The number of hydrogen-bond donors (Lipinski definition) is 0. The molecule has 0 aliphatic carbocycles. The summed E-state index contributed by atoms with van der Waals surface area (Å²) in [5, 5.41) is 0.863. The van der Waals surface area contributed by atoms with Gasteiger partial charge in [0.15, 0.2) is 5.13 Å². The Morgan fingerprint density at radius 2 is 1.89 bits per heavy atom. The Kier molecular flexibility index (Phi) is 2.81. The Labute approximate surface area is 116 Å². The zero-order valence-corrected chi connectivity index (χ0v) is 12.3. The van der Waals surface area contributed by atoms with E-state index in [-0.39, 0.29) is 18.3 Å². The van der Waals surface area contributed by atoms with Gasteiger partial charge in [0.1, 0.15) is 6.33 Å². The van der Waals surface area contributed by atoms with Gasteiger partial charge in [0, 0.05) is 18.6 Å². The highest BCUT2D eigenvalue weighted by atomic mass is 32.1. The number of nitrogens with zero attached hydrogens (tertiary/aromatic N) is 3. The standard InChI is InChI=1S/C12H16BN3O2S/c1-11(2)12(3,4)18-13(17-11)9-7-15-10(19-9)16-6-5-14-8-16/h5-8H,1-4H3. The minimum absolute atomic E-state index is 0.323. The van der Waals surface area contributed by atoms with Crippen LogP contribution < -0.4 is 4.78 Å². The van der Waals surface area contributed by atoms with Gasteiger partial charge in [-0.15, -0.1) is 11.3 Å². The Hall–Kier alpha value is -1.18. The zero-order chi connectivity index (χ0) is 13.7. The van der Waals surface area contributed by atoms with Crippen molar-refractivity contribution < 1.29 is 9.31 Å². The molecule has 1 fully saturated rings. The van der Waals surface area contributed by atoms with Crippen LogP contribution in [0, 0.1) is 0 Å². The summed E-state index contributed by atoms with van der Waals surface area (Å²) in [6.07, 6.45) is 7.14. The number of hydrogen-bond acceptors (Lipinski definition) is 5. The average Bonchev–Trinajstić information content (AvgIpc) is 3.00. The maximum Gasteiger partial charge on any atom is 0.507 e. The van der Waals surface area contributed by atoms with Crippen molar-refractivity contribution in [1.82, 2.24) is 14.5 Å². The van der Waals surface area contributed by atoms with E-state index in [1.165, 1.54) is 0 Å². The van der Waals surface area contributed by atoms with E-state index >= 15 is 0 Å². The van der Waals surface area contributed by atoms with Crippen molar-refractivity contribution in [2.75, 3.05) is 0 Å². The molecule has 2 aromatic heterocycles. The zero-order valence-electron chi connectivity index (χ0n) is 11.5. The molecule has 1 aliphatic rings. The molecule has 0 bridgehead atoms. The van der Waals surface area contributed by atoms with Crippen molar-refractivity contribution >= 4 is 23.2 Å². The molecule has 3 heterocycles. The van der Waals surface area contributed by atoms with Crippen LogP contribution in [0.1, 0.15) is 27.7 Å². The highest BCUT2D eigenvalue weighted by Crippen LogP contribution is 2.36. The summed E-state index contributed by atoms with van der Waals surface area (Å²) in [7, 11) is -0.347. The summed E-state index contributed by atoms with van der Waals surface area (Å²) in [4.78, 5) is 8.40. The molecule has 3 rings (SSSR count). The quantitative estimate of drug-likeness (QED) is 0.783. The van der Waals surface area contributed by atoms with Gasteiger partial charge in [-0.05, 0) is 27.7 Å². The highest BCUT2D eigenvalue weighted by molar-refractivity contribution is 7.24. The molecule has 1 saturated heterocycles. The van der Waals surface area contributed by atoms with Crippen molar-refractivity contribution in [1.29, 1.82) is 0 Å². The van der Waals surface area contributed by atoms with Crippen LogP contribution in [-0.2, 0) is 9.31 Å². The molecule has 2 aromatic rings. The summed E-state index contributed by atoms with van der Waals surface area (Å²) in [5.41, 5.74) is -0.645. The predicted molar refractivity (Wildman–Crippen MR) is 75.0 cm³/mol. The summed E-state index contributed by atoms with van der Waals surface area (Å²) < 4.78 is 14.9. The molecule has 1 aliphatic heterocycles. The van der Waals surface area contributed by atoms with E-state index in [0.29, 0.717) is 0 Å². The summed E-state index contributed by atoms with van der Waals surface area (Å²) in [6.45, 7) is 8.19. The number of rotatable bonds is 2. The average molecular weight is 277 g/mol. The smallest absolute Gasteiger partial charge is 0.399 e. The maximum atomic E-state index is 6.00. The van der Waals surface area contributed by atoms with Gasteiger partial charge in [-0.25, -0.2) is 9.97 Å². The predicted octanol–water partition coefficient (Wildman–Crippen LogP) is 1.63. The second-order valence-electron chi connectivity index (χ2n) is 5.60. The van der Waals surface area contributed by atoms with Crippen LogP contribution in [0.5, 0.6) is 0 Å². The minimum Gasteiger partial charge on any atom is -0.399 e. The second kappa shape index (κ2) is 4.16. The van der Waals surface area contributed by atoms with Crippen molar-refractivity contribution in [3.63, 3.8) is 0 Å². The van der Waals surface area contributed by atoms with Crippen LogP contribution in [0.3, 0.4) is 0 Å². The molecule has 0 unspecified atom stereocenters. The van der Waals surface area contributed by atoms with Crippen molar-refractivity contribution in [2.45, 2.75) is 38.9 Å². The molecule has 0 aromatic carbocycles. The summed E-state index contributed by atoms with van der Waals surface area (Å²) in [6, 6.07) is 0. The molecule has 0 amide bonds. The van der Waals surface area contributed by atoms with E-state index in [1.54, 1.807) is 23.9 Å². The van der Waals surface area contributed by atoms with Gasteiger partial charge in [0.25, 0.3) is 0 Å². The molecule has 0 atom stereocenters. The lowest BCUT2D eigenvalue weighted by atomic mass is 9.89. The van der Waals surface area contributed by atoms with Gasteiger partial charge >= 0.3 is 7.12 Å². The van der Waals surface area contributed by atoms with Crippen molar-refractivity contribution in [3.05, 3.63) is 24.9 Å². The van der Waals surface area contributed by atoms with Crippen LogP contribution in [-0.4, -0.2) is 32.9 Å². The minimum atomic E-state index is -0.347. The fourth-order valence-corrected chi connectivity index (χ4v) is 2.66. The molecule has 19 heavy (non-hydrogen) atoms. The molecule has 0 N–H and O–H groups in total. The number of aromatic nitrogens is 3. The molecule has 0 radical (unpaired) electrons. The van der Waals surface area contributed by atoms with Gasteiger partial charge in [0.05, 0.1) is 16.0 Å². The topological polar surface area (TPSA) is 49.2 Å². The van der Waals surface area contributed by atoms with E-state index in [2.05, 4.69) is 9.97 Å². The molecule has 5 nitrogen and oxygen atoms in total. The van der Waals surface area contributed by atoms with E-state index in [1.807, 2.05) is 44.7 Å². The third kappa shape index (κ3) is 2.11. The van der Waals surface area contributed by atoms with E-state index in [0.717, 1.165) is 9.91 Å². The lowest BCUT2D eigenvalue weighted by Gasteiger charge is -2.32. The first-order valence-corrected chi connectivity index (χ1v) is 7.00. The molecular formula is C12H16BN3O2S. The van der Waals surface area contributed by atoms with E-state index in [4.69, 9.17) is 9.31 Å². The second-order valence-corrected chi connectivity index (χ2v) is 6.64.